The van der Waals surface area contributed by atoms with Crippen molar-refractivity contribution in [1.29, 1.82) is 0 Å². The third-order valence-corrected chi connectivity index (χ3v) is 1.75. The van der Waals surface area contributed by atoms with E-state index in [2.05, 4.69) is 9.58 Å². The van der Waals surface area contributed by atoms with Crippen LogP contribution in [0.1, 0.15) is 15.9 Å². The summed E-state index contributed by atoms with van der Waals surface area (Å²) in [6, 6.07) is 4.92. The number of esters is 1. The second-order valence-corrected chi connectivity index (χ2v) is 2.60. The first-order valence-electron chi connectivity index (χ1n) is 3.75. The van der Waals surface area contributed by atoms with E-state index in [1.807, 2.05) is 6.92 Å². The summed E-state index contributed by atoms with van der Waals surface area (Å²) in [5.74, 6) is -0.412. The SMILES string of the molecule is [C-]#[N+]c1cc(C(=O)OC)ccc1C. The highest BCUT2D eigenvalue weighted by molar-refractivity contribution is 5.90. The van der Waals surface area contributed by atoms with Gasteiger partial charge in [-0.25, -0.2) is 9.64 Å². The monoisotopic (exact) mass is 175 g/mol. The molecule has 3 heteroatoms. The Morgan fingerprint density at radius 2 is 2.23 bits per heavy atom. The normalized spacial score (nSPS) is 9.00. The summed E-state index contributed by atoms with van der Waals surface area (Å²) in [5, 5.41) is 0. The quantitative estimate of drug-likeness (QED) is 0.484. The molecule has 0 heterocycles. The van der Waals surface area contributed by atoms with E-state index in [4.69, 9.17) is 6.57 Å². The van der Waals surface area contributed by atoms with Gasteiger partial charge in [0.2, 0.25) is 0 Å². The van der Waals surface area contributed by atoms with Crippen LogP contribution in [0.2, 0.25) is 0 Å². The summed E-state index contributed by atoms with van der Waals surface area (Å²) in [6.45, 7) is 8.68. The van der Waals surface area contributed by atoms with Crippen LogP contribution in [0.5, 0.6) is 0 Å². The highest BCUT2D eigenvalue weighted by Gasteiger charge is 2.06. The topological polar surface area (TPSA) is 30.7 Å². The summed E-state index contributed by atoms with van der Waals surface area (Å²) in [7, 11) is 1.32. The minimum Gasteiger partial charge on any atom is -0.465 e. The lowest BCUT2D eigenvalue weighted by molar-refractivity contribution is 0.0601. The molecule has 1 rings (SSSR count). The predicted octanol–water partition coefficient (Wildman–Crippen LogP) is 2.33. The number of hydrogen-bond donors (Lipinski definition) is 0. The lowest BCUT2D eigenvalue weighted by atomic mass is 10.1. The maximum absolute atomic E-state index is 11.1. The van der Waals surface area contributed by atoms with Gasteiger partial charge in [-0.05, 0) is 24.6 Å². The van der Waals surface area contributed by atoms with Crippen molar-refractivity contribution in [3.05, 3.63) is 40.7 Å². The van der Waals surface area contributed by atoms with E-state index < -0.39 is 5.97 Å². The fourth-order valence-corrected chi connectivity index (χ4v) is 0.975. The minimum absolute atomic E-state index is 0.412. The van der Waals surface area contributed by atoms with Gasteiger partial charge in [0, 0.05) is 5.56 Å². The fourth-order valence-electron chi connectivity index (χ4n) is 0.975. The molecule has 0 amide bonds. The smallest absolute Gasteiger partial charge is 0.336 e. The molecule has 13 heavy (non-hydrogen) atoms. The molecule has 0 atom stereocenters. The molecule has 1 aromatic rings. The number of aryl methyl sites for hydroxylation is 1. The van der Waals surface area contributed by atoms with Crippen molar-refractivity contribution in [2.24, 2.45) is 0 Å². The van der Waals surface area contributed by atoms with Crippen LogP contribution < -0.4 is 0 Å². The van der Waals surface area contributed by atoms with Crippen LogP contribution in [-0.2, 0) is 4.74 Å². The van der Waals surface area contributed by atoms with Gasteiger partial charge in [0.15, 0.2) is 5.69 Å². The van der Waals surface area contributed by atoms with Crippen LogP contribution in [0.25, 0.3) is 4.85 Å². The zero-order valence-electron chi connectivity index (χ0n) is 7.50. The van der Waals surface area contributed by atoms with Crippen molar-refractivity contribution in [3.8, 4) is 0 Å². The first-order valence-corrected chi connectivity index (χ1v) is 3.75. The molecule has 0 radical (unpaired) electrons. The molecule has 0 spiro atoms. The second kappa shape index (κ2) is 3.72. The number of methoxy groups -OCH3 is 1. The number of benzene rings is 1. The van der Waals surface area contributed by atoms with Crippen molar-refractivity contribution in [2.75, 3.05) is 7.11 Å². The summed E-state index contributed by atoms with van der Waals surface area (Å²) >= 11 is 0. The van der Waals surface area contributed by atoms with Crippen molar-refractivity contribution in [1.82, 2.24) is 0 Å². The molecule has 3 nitrogen and oxygen atoms in total. The Morgan fingerprint density at radius 1 is 1.54 bits per heavy atom. The molecule has 0 aromatic heterocycles. The first-order chi connectivity index (χ1) is 6.19. The highest BCUT2D eigenvalue weighted by Crippen LogP contribution is 2.20. The van der Waals surface area contributed by atoms with Crippen molar-refractivity contribution < 1.29 is 9.53 Å². The third kappa shape index (κ3) is 1.85. The van der Waals surface area contributed by atoms with Gasteiger partial charge in [0.05, 0.1) is 13.7 Å². The molecule has 0 N–H and O–H groups in total. The van der Waals surface area contributed by atoms with Crippen molar-refractivity contribution in [3.63, 3.8) is 0 Å². The van der Waals surface area contributed by atoms with Crippen molar-refractivity contribution >= 4 is 11.7 Å². The zero-order valence-corrected chi connectivity index (χ0v) is 7.50. The average Bonchev–Trinajstić information content (AvgIpc) is 2.17. The van der Waals surface area contributed by atoms with E-state index in [9.17, 15) is 4.79 Å². The summed E-state index contributed by atoms with van der Waals surface area (Å²) in [4.78, 5) is 14.4. The number of ether oxygens (including phenoxy) is 1. The van der Waals surface area contributed by atoms with Crippen LogP contribution in [-0.4, -0.2) is 13.1 Å². The lowest BCUT2D eigenvalue weighted by Gasteiger charge is -2.01. The average molecular weight is 175 g/mol. The van der Waals surface area contributed by atoms with Gasteiger partial charge in [-0.2, -0.15) is 0 Å². The van der Waals surface area contributed by atoms with Crippen LogP contribution in [0, 0.1) is 13.5 Å². The van der Waals surface area contributed by atoms with Gasteiger partial charge >= 0.3 is 5.97 Å². The number of nitrogens with zero attached hydrogens (tertiary/aromatic N) is 1. The zero-order chi connectivity index (χ0) is 9.84. The third-order valence-electron chi connectivity index (χ3n) is 1.75. The highest BCUT2D eigenvalue weighted by atomic mass is 16.5. The van der Waals surface area contributed by atoms with Gasteiger partial charge < -0.3 is 4.74 Å². The number of rotatable bonds is 1. The molecule has 1 aromatic carbocycles. The second-order valence-electron chi connectivity index (χ2n) is 2.60. The molecule has 0 aliphatic carbocycles. The molecule has 66 valence electrons. The molecule has 0 bridgehead atoms. The van der Waals surface area contributed by atoms with E-state index in [-0.39, 0.29) is 0 Å². The molecule has 0 saturated heterocycles. The molecule has 0 aliphatic heterocycles. The standard InChI is InChI=1S/C10H9NO2/c1-7-4-5-8(10(12)13-3)6-9(7)11-2/h4-6H,1,3H3. The van der Waals surface area contributed by atoms with E-state index >= 15 is 0 Å². The van der Waals surface area contributed by atoms with Gasteiger partial charge in [0.25, 0.3) is 0 Å². The fraction of sp³-hybridized carbons (Fsp3) is 0.200. The van der Waals surface area contributed by atoms with Crippen molar-refractivity contribution in [2.45, 2.75) is 6.92 Å². The molecular formula is C10H9NO2. The van der Waals surface area contributed by atoms with Crippen LogP contribution in [0.4, 0.5) is 5.69 Å². The lowest BCUT2D eigenvalue weighted by Crippen LogP contribution is -2.00. The van der Waals surface area contributed by atoms with E-state index in [0.29, 0.717) is 11.3 Å². The molecule has 0 unspecified atom stereocenters. The number of hydrogen-bond acceptors (Lipinski definition) is 2. The predicted molar refractivity (Wildman–Crippen MR) is 48.8 cm³/mol. The molecule has 0 fully saturated rings. The molecule has 0 saturated carbocycles. The van der Waals surface area contributed by atoms with Gasteiger partial charge in [0.1, 0.15) is 0 Å². The Hall–Kier alpha value is -1.82. The Balaban J connectivity index is 3.15. The number of carbonyl (C=O) groups is 1. The first kappa shape index (κ1) is 9.27. The van der Waals surface area contributed by atoms with Gasteiger partial charge in [-0.15, -0.1) is 0 Å². The maximum Gasteiger partial charge on any atom is 0.336 e. The minimum atomic E-state index is -0.412. The molecular weight excluding hydrogens is 166 g/mol. The summed E-state index contributed by atoms with van der Waals surface area (Å²) in [6.07, 6.45) is 0. The summed E-state index contributed by atoms with van der Waals surface area (Å²) < 4.78 is 4.53. The van der Waals surface area contributed by atoms with E-state index in [1.165, 1.54) is 13.2 Å². The number of carbonyl (C=O) groups excluding carboxylic acids is 1. The largest absolute Gasteiger partial charge is 0.465 e. The Morgan fingerprint density at radius 3 is 2.77 bits per heavy atom. The van der Waals surface area contributed by atoms with Crippen LogP contribution >= 0.6 is 0 Å². The van der Waals surface area contributed by atoms with Crippen LogP contribution in [0.15, 0.2) is 18.2 Å². The van der Waals surface area contributed by atoms with Gasteiger partial charge in [-0.1, -0.05) is 6.07 Å². The molecule has 0 aliphatic rings. The van der Waals surface area contributed by atoms with Crippen LogP contribution in [0.3, 0.4) is 0 Å². The summed E-state index contributed by atoms with van der Waals surface area (Å²) in [5.41, 5.74) is 1.77. The Bertz CT molecular complexity index is 377. The maximum atomic E-state index is 11.1. The van der Waals surface area contributed by atoms with E-state index in [1.54, 1.807) is 12.1 Å². The Labute approximate surface area is 76.8 Å². The van der Waals surface area contributed by atoms with E-state index in [0.717, 1.165) is 5.56 Å². The van der Waals surface area contributed by atoms with Gasteiger partial charge in [-0.3, -0.25) is 0 Å². The Kier molecular flexibility index (Phi) is 2.65.